The topological polar surface area (TPSA) is 116 Å². The second kappa shape index (κ2) is 13.9. The minimum atomic E-state index is -0.187. The van der Waals surface area contributed by atoms with Gasteiger partial charge in [0.2, 0.25) is 0 Å². The van der Waals surface area contributed by atoms with Gasteiger partial charge in [-0.1, -0.05) is 42.5 Å². The predicted octanol–water partition coefficient (Wildman–Crippen LogP) is 5.49. The molecule has 0 saturated carbocycles. The molecule has 4 aromatic rings. The van der Waals surface area contributed by atoms with E-state index < -0.39 is 0 Å². The van der Waals surface area contributed by atoms with Crippen LogP contribution in [0.2, 0.25) is 0 Å². The van der Waals surface area contributed by atoms with Crippen molar-refractivity contribution in [2.24, 2.45) is 5.41 Å². The van der Waals surface area contributed by atoms with Gasteiger partial charge in [-0.05, 0) is 62.4 Å². The van der Waals surface area contributed by atoms with Gasteiger partial charge in [-0.15, -0.1) is 0 Å². The number of carbonyl (C=O) groups excluding carboxylic acids is 2. The summed E-state index contributed by atoms with van der Waals surface area (Å²) < 4.78 is 11.8. The summed E-state index contributed by atoms with van der Waals surface area (Å²) in [4.78, 5) is 42.1. The smallest absolute Gasteiger partial charge is 0.276 e. The fourth-order valence-corrected chi connectivity index (χ4v) is 6.40. The average Bonchev–Trinajstić information content (AvgIpc) is 3.54. The summed E-state index contributed by atoms with van der Waals surface area (Å²) in [7, 11) is 0. The molecular weight excluding hydrogens is 580 g/mol. The lowest BCUT2D eigenvalue weighted by molar-refractivity contribution is 0.0359. The zero-order valence-corrected chi connectivity index (χ0v) is 26.1. The van der Waals surface area contributed by atoms with Crippen LogP contribution >= 0.6 is 0 Å². The summed E-state index contributed by atoms with van der Waals surface area (Å²) in [6.45, 7) is 5.60. The van der Waals surface area contributed by atoms with Gasteiger partial charge in [0.1, 0.15) is 23.4 Å². The molecule has 2 amide bonds. The van der Waals surface area contributed by atoms with Gasteiger partial charge >= 0.3 is 0 Å². The first-order chi connectivity index (χ1) is 22.4. The zero-order chi connectivity index (χ0) is 31.9. The molecule has 0 atom stereocenters. The van der Waals surface area contributed by atoms with Crippen molar-refractivity contribution < 1.29 is 18.7 Å². The zero-order valence-electron chi connectivity index (χ0n) is 26.1. The molecule has 2 aliphatic rings. The molecule has 1 spiro atoms. The number of aryl methyl sites for hydroxylation is 1. The van der Waals surface area contributed by atoms with Crippen molar-refractivity contribution in [1.82, 2.24) is 19.8 Å². The van der Waals surface area contributed by atoms with Gasteiger partial charge < -0.3 is 23.9 Å². The summed E-state index contributed by atoms with van der Waals surface area (Å²) in [6.07, 6.45) is 6.19. The Bertz CT molecular complexity index is 1690. The molecule has 10 heteroatoms. The summed E-state index contributed by atoms with van der Waals surface area (Å²) in [6, 6.07) is 23.3. The highest BCUT2D eigenvalue weighted by Crippen LogP contribution is 2.38. The fraction of sp³-hybridized carbons (Fsp3) is 0.361. The van der Waals surface area contributed by atoms with Crippen molar-refractivity contribution in [2.75, 3.05) is 44.2 Å². The van der Waals surface area contributed by atoms with E-state index in [4.69, 9.17) is 9.15 Å². The molecule has 10 nitrogen and oxygen atoms in total. The normalized spacial score (nSPS) is 17.2. The first-order valence-corrected chi connectivity index (χ1v) is 15.8. The van der Waals surface area contributed by atoms with Crippen LogP contribution in [0.25, 0.3) is 0 Å². The van der Waals surface area contributed by atoms with Crippen LogP contribution in [-0.4, -0.2) is 70.9 Å². The Morgan fingerprint density at radius 2 is 1.72 bits per heavy atom. The van der Waals surface area contributed by atoms with E-state index in [0.29, 0.717) is 67.7 Å². The van der Waals surface area contributed by atoms with E-state index in [-0.39, 0.29) is 17.2 Å². The number of hydrogen-bond acceptors (Lipinski definition) is 8. The van der Waals surface area contributed by atoms with Crippen LogP contribution in [0.4, 0.5) is 5.82 Å². The first-order valence-electron chi connectivity index (χ1n) is 15.8. The summed E-state index contributed by atoms with van der Waals surface area (Å²) >= 11 is 0. The van der Waals surface area contributed by atoms with Crippen molar-refractivity contribution in [3.63, 3.8) is 0 Å². The Kier molecular flexibility index (Phi) is 9.29. The molecule has 4 heterocycles. The number of carbonyl (C=O) groups is 2. The van der Waals surface area contributed by atoms with Crippen LogP contribution in [-0.2, 0) is 6.54 Å². The van der Waals surface area contributed by atoms with E-state index in [1.54, 1.807) is 19.2 Å². The molecule has 236 valence electrons. The molecule has 2 aromatic heterocycles. The molecule has 0 bridgehead atoms. The Morgan fingerprint density at radius 1 is 0.935 bits per heavy atom. The maximum atomic E-state index is 14.2. The minimum absolute atomic E-state index is 0.0936. The van der Waals surface area contributed by atoms with Crippen LogP contribution in [0.15, 0.2) is 83.7 Å². The molecular formula is C36H38N6O4. The highest BCUT2D eigenvalue weighted by molar-refractivity contribution is 5.97. The minimum Gasteiger partial charge on any atom is -0.492 e. The quantitative estimate of drug-likeness (QED) is 0.295. The van der Waals surface area contributed by atoms with E-state index in [1.165, 1.54) is 6.39 Å². The molecule has 0 unspecified atom stereocenters. The number of likely N-dealkylation sites (tertiary alicyclic amines) is 1. The number of piperidine rings is 1. The van der Waals surface area contributed by atoms with Gasteiger partial charge in [0.15, 0.2) is 12.1 Å². The van der Waals surface area contributed by atoms with Crippen LogP contribution in [0, 0.1) is 23.7 Å². The number of ether oxygens (including phenoxy) is 1. The van der Waals surface area contributed by atoms with E-state index in [1.807, 2.05) is 70.5 Å². The van der Waals surface area contributed by atoms with Crippen molar-refractivity contribution in [3.8, 4) is 11.8 Å². The number of nitriles is 1. The lowest BCUT2D eigenvalue weighted by Gasteiger charge is -2.42. The molecule has 0 N–H and O–H groups in total. The Morgan fingerprint density at radius 3 is 2.43 bits per heavy atom. The number of para-hydroxylation sites is 1. The number of hydrogen-bond donors (Lipinski definition) is 0. The Labute approximate surface area is 269 Å². The monoisotopic (exact) mass is 618 g/mol. The summed E-state index contributed by atoms with van der Waals surface area (Å²) in [5.41, 5.74) is 2.26. The maximum absolute atomic E-state index is 14.2. The Hall–Kier alpha value is -5.17. The van der Waals surface area contributed by atoms with Crippen molar-refractivity contribution in [3.05, 3.63) is 107 Å². The number of amides is 2. The predicted molar refractivity (Wildman–Crippen MR) is 172 cm³/mol. The lowest BCUT2D eigenvalue weighted by Crippen LogP contribution is -2.46. The van der Waals surface area contributed by atoms with E-state index in [2.05, 4.69) is 20.9 Å². The largest absolute Gasteiger partial charge is 0.492 e. The van der Waals surface area contributed by atoms with Gasteiger partial charge in [-0.25, -0.2) is 9.97 Å². The first kappa shape index (κ1) is 30.8. The standard InChI is InChI=1S/C36H38N6O4/c1-27-33(39-26-46-27)35(44)41-18-15-36(16-19-41)14-7-17-40(32-13-12-29(22-37)23-38-32)20-21-42(24-28-8-3-2-4-9-28)34(43)30-10-5-6-11-31(30)45-25-36/h2-6,8-13,23,26H,7,14-21,24-25H2,1H3. The van der Waals surface area contributed by atoms with E-state index in [0.717, 1.165) is 43.6 Å². The maximum Gasteiger partial charge on any atom is 0.276 e. The van der Waals surface area contributed by atoms with E-state index >= 15 is 0 Å². The van der Waals surface area contributed by atoms with Gasteiger partial charge in [0.25, 0.3) is 11.8 Å². The molecule has 6 rings (SSSR count). The molecule has 0 radical (unpaired) electrons. The SMILES string of the molecule is Cc1ocnc1C(=O)N1CCC2(CCCN(c3ccc(C#N)cn3)CCN(Cc3ccccc3)C(=O)c3ccccc3OC2)CC1. The van der Waals surface area contributed by atoms with Crippen LogP contribution in [0.1, 0.15) is 63.4 Å². The molecule has 1 saturated heterocycles. The number of pyridine rings is 1. The fourth-order valence-electron chi connectivity index (χ4n) is 6.40. The highest BCUT2D eigenvalue weighted by Gasteiger charge is 2.38. The molecule has 0 aliphatic carbocycles. The number of rotatable bonds is 4. The van der Waals surface area contributed by atoms with Gasteiger partial charge in [-0.3, -0.25) is 9.59 Å². The average molecular weight is 619 g/mol. The molecule has 46 heavy (non-hydrogen) atoms. The molecule has 2 aliphatic heterocycles. The third kappa shape index (κ3) is 6.89. The van der Waals surface area contributed by atoms with Crippen molar-refractivity contribution in [2.45, 2.75) is 39.2 Å². The number of oxazole rings is 1. The number of benzene rings is 2. The van der Waals surface area contributed by atoms with E-state index in [9.17, 15) is 14.9 Å². The summed E-state index contributed by atoms with van der Waals surface area (Å²) in [5, 5.41) is 9.33. The van der Waals surface area contributed by atoms with Crippen molar-refractivity contribution in [1.29, 1.82) is 5.26 Å². The highest BCUT2D eigenvalue weighted by atomic mass is 16.5. The second-order valence-corrected chi connectivity index (χ2v) is 12.2. The number of fused-ring (bicyclic) bond motifs is 1. The van der Waals surface area contributed by atoms with Gasteiger partial charge in [0.05, 0.1) is 17.7 Å². The number of nitrogens with zero attached hydrogens (tertiary/aromatic N) is 6. The van der Waals surface area contributed by atoms with Crippen LogP contribution in [0.5, 0.6) is 5.75 Å². The molecule has 2 aromatic carbocycles. The number of aromatic nitrogens is 2. The third-order valence-electron chi connectivity index (χ3n) is 9.19. The van der Waals surface area contributed by atoms with Gasteiger partial charge in [-0.2, -0.15) is 5.26 Å². The Balaban J connectivity index is 1.29. The van der Waals surface area contributed by atoms with Crippen LogP contribution < -0.4 is 9.64 Å². The van der Waals surface area contributed by atoms with Crippen LogP contribution in [0.3, 0.4) is 0 Å². The lowest BCUT2D eigenvalue weighted by atomic mass is 9.75. The summed E-state index contributed by atoms with van der Waals surface area (Å²) in [5.74, 6) is 1.67. The second-order valence-electron chi connectivity index (χ2n) is 12.2. The number of anilines is 1. The van der Waals surface area contributed by atoms with Gasteiger partial charge in [0, 0.05) is 50.9 Å². The third-order valence-corrected chi connectivity index (χ3v) is 9.19. The van der Waals surface area contributed by atoms with Crippen molar-refractivity contribution >= 4 is 17.6 Å². The molecule has 1 fully saturated rings.